The molecule has 1 N–H and O–H groups in total. The molecule has 0 bridgehead atoms. The van der Waals surface area contributed by atoms with Crippen LogP contribution >= 0.6 is 23.4 Å². The van der Waals surface area contributed by atoms with Gasteiger partial charge in [0.15, 0.2) is 0 Å². The van der Waals surface area contributed by atoms with Gasteiger partial charge in [0.2, 0.25) is 0 Å². The topological polar surface area (TPSA) is 46.5 Å². The zero-order valence-corrected chi connectivity index (χ0v) is 21.1. The van der Waals surface area contributed by atoms with E-state index in [1.165, 1.54) is 28.7 Å². The van der Waals surface area contributed by atoms with Gasteiger partial charge in [-0.05, 0) is 71.7 Å². The van der Waals surface area contributed by atoms with Crippen molar-refractivity contribution in [2.75, 3.05) is 12.4 Å². The van der Waals surface area contributed by atoms with Gasteiger partial charge < -0.3 is 9.84 Å². The van der Waals surface area contributed by atoms with Gasteiger partial charge in [-0.2, -0.15) is 0 Å². The van der Waals surface area contributed by atoms with Crippen LogP contribution in [0, 0.1) is 0 Å². The average Bonchev–Trinajstić information content (AvgIpc) is 3.26. The second kappa shape index (κ2) is 11.8. The number of fused-ring (bicyclic) bond motifs is 1. The predicted molar refractivity (Wildman–Crippen MR) is 141 cm³/mol. The van der Waals surface area contributed by atoms with E-state index >= 15 is 0 Å². The first-order chi connectivity index (χ1) is 16.6. The molecule has 178 valence electrons. The molecule has 0 heterocycles. The van der Waals surface area contributed by atoms with Crippen LogP contribution < -0.4 is 4.74 Å². The summed E-state index contributed by atoms with van der Waals surface area (Å²) < 4.78 is 6.28. The Morgan fingerprint density at radius 3 is 2.71 bits per heavy atom. The minimum absolute atomic E-state index is 0.00846. The number of benzene rings is 3. The third kappa shape index (κ3) is 5.97. The third-order valence-corrected chi connectivity index (χ3v) is 7.92. The second-order valence-corrected chi connectivity index (χ2v) is 10.3. The highest BCUT2D eigenvalue weighted by molar-refractivity contribution is 7.99. The maximum atomic E-state index is 10.9. The number of halogens is 1. The maximum Gasteiger partial charge on any atom is 0.307 e. The lowest BCUT2D eigenvalue weighted by molar-refractivity contribution is -0.136. The van der Waals surface area contributed by atoms with Crippen molar-refractivity contribution in [1.29, 1.82) is 0 Å². The zero-order chi connectivity index (χ0) is 23.9. The van der Waals surface area contributed by atoms with Crippen molar-refractivity contribution >= 4 is 29.3 Å². The number of carbonyl (C=O) groups is 1. The molecular weight excluding hydrogens is 464 g/mol. The molecule has 0 aromatic heterocycles. The molecule has 3 aromatic rings. The Bertz CT molecular complexity index is 1130. The zero-order valence-electron chi connectivity index (χ0n) is 19.6. The summed E-state index contributed by atoms with van der Waals surface area (Å²) in [5.74, 6) is 1.57. The predicted octanol–water partition coefficient (Wildman–Crippen LogP) is 7.56. The number of thioether (sulfide) groups is 1. The number of hydrogen-bond acceptors (Lipinski definition) is 3. The summed E-state index contributed by atoms with van der Waals surface area (Å²) in [6.07, 6.45) is 5.34. The number of aliphatic carboxylic acids is 1. The number of hydrogen-bond donors (Lipinski definition) is 1. The fraction of sp³-hybridized carbons (Fsp3) is 0.345. The molecule has 1 aliphatic carbocycles. The van der Waals surface area contributed by atoms with E-state index in [1.54, 1.807) is 17.8 Å². The summed E-state index contributed by atoms with van der Waals surface area (Å²) in [5.41, 5.74) is 6.49. The Morgan fingerprint density at radius 1 is 1.15 bits per heavy atom. The smallest absolute Gasteiger partial charge is 0.307 e. The molecule has 1 aliphatic rings. The normalized spacial score (nSPS) is 14.7. The largest absolute Gasteiger partial charge is 0.493 e. The van der Waals surface area contributed by atoms with Crippen molar-refractivity contribution in [2.24, 2.45) is 0 Å². The molecule has 4 rings (SSSR count). The van der Waals surface area contributed by atoms with Crippen molar-refractivity contribution in [3.05, 3.63) is 93.5 Å². The molecule has 34 heavy (non-hydrogen) atoms. The van der Waals surface area contributed by atoms with Gasteiger partial charge >= 0.3 is 5.97 Å². The SMILES string of the molecule is CCCc1c(OCCCSc2ccc(CC(=O)O)cc2Cl)ccc2c1CCC2c1ccccc1. The molecule has 0 spiro atoms. The number of rotatable bonds is 11. The minimum atomic E-state index is -0.849. The molecule has 0 radical (unpaired) electrons. The molecule has 0 fully saturated rings. The van der Waals surface area contributed by atoms with E-state index in [0.29, 0.717) is 17.5 Å². The molecule has 3 nitrogen and oxygen atoms in total. The van der Waals surface area contributed by atoms with Gasteiger partial charge in [0, 0.05) is 16.6 Å². The van der Waals surface area contributed by atoms with Crippen LogP contribution in [0.1, 0.15) is 59.9 Å². The summed E-state index contributed by atoms with van der Waals surface area (Å²) in [4.78, 5) is 11.9. The van der Waals surface area contributed by atoms with Crippen LogP contribution in [0.4, 0.5) is 0 Å². The fourth-order valence-corrected chi connectivity index (χ4v) is 6.03. The van der Waals surface area contributed by atoms with Crippen molar-refractivity contribution < 1.29 is 14.6 Å². The summed E-state index contributed by atoms with van der Waals surface area (Å²) in [7, 11) is 0. The van der Waals surface area contributed by atoms with Crippen LogP contribution in [0.15, 0.2) is 65.6 Å². The lowest BCUT2D eigenvalue weighted by atomic mass is 9.91. The molecule has 5 heteroatoms. The fourth-order valence-electron chi connectivity index (χ4n) is 4.82. The van der Waals surface area contributed by atoms with E-state index in [4.69, 9.17) is 21.4 Å². The highest BCUT2D eigenvalue weighted by atomic mass is 35.5. The van der Waals surface area contributed by atoms with Gasteiger partial charge in [-0.3, -0.25) is 4.79 Å². The first kappa shape index (κ1) is 24.7. The third-order valence-electron chi connectivity index (χ3n) is 6.34. The van der Waals surface area contributed by atoms with Crippen LogP contribution in [0.25, 0.3) is 0 Å². The molecule has 1 atom stereocenters. The van der Waals surface area contributed by atoms with Crippen LogP contribution in [-0.2, 0) is 24.1 Å². The highest BCUT2D eigenvalue weighted by Gasteiger charge is 2.27. The molecule has 1 unspecified atom stereocenters. The summed E-state index contributed by atoms with van der Waals surface area (Å²) in [5, 5.41) is 9.54. The van der Waals surface area contributed by atoms with E-state index in [1.807, 2.05) is 12.1 Å². The molecule has 0 amide bonds. The van der Waals surface area contributed by atoms with Gasteiger partial charge in [-0.1, -0.05) is 67.4 Å². The van der Waals surface area contributed by atoms with Crippen molar-refractivity contribution in [3.8, 4) is 5.75 Å². The first-order valence-electron chi connectivity index (χ1n) is 12.0. The monoisotopic (exact) mass is 494 g/mol. The molecule has 0 aliphatic heterocycles. The lowest BCUT2D eigenvalue weighted by Gasteiger charge is -2.17. The highest BCUT2D eigenvalue weighted by Crippen LogP contribution is 2.42. The van der Waals surface area contributed by atoms with Gasteiger partial charge in [0.25, 0.3) is 0 Å². The van der Waals surface area contributed by atoms with E-state index in [9.17, 15) is 4.79 Å². The van der Waals surface area contributed by atoms with Crippen molar-refractivity contribution in [2.45, 2.75) is 56.3 Å². The standard InChI is InChI=1S/C29H31ClO3S/c1-2-7-25-24-12-11-22(21-8-4-3-5-9-21)23(24)13-14-27(25)33-16-6-17-34-28-15-10-20(18-26(28)30)19-29(31)32/h3-5,8-10,13-15,18,22H,2,6-7,11-12,16-17,19H2,1H3,(H,31,32). The Morgan fingerprint density at radius 2 is 1.97 bits per heavy atom. The first-order valence-corrected chi connectivity index (χ1v) is 13.4. The quantitative estimate of drug-likeness (QED) is 0.220. The van der Waals surface area contributed by atoms with E-state index < -0.39 is 5.97 Å². The maximum absolute atomic E-state index is 10.9. The van der Waals surface area contributed by atoms with Gasteiger partial charge in [0.1, 0.15) is 5.75 Å². The number of carboxylic acids is 1. The van der Waals surface area contributed by atoms with Gasteiger partial charge in [-0.15, -0.1) is 11.8 Å². The molecule has 0 saturated carbocycles. The van der Waals surface area contributed by atoms with Crippen LogP contribution in [0.2, 0.25) is 5.02 Å². The lowest BCUT2D eigenvalue weighted by Crippen LogP contribution is -2.05. The van der Waals surface area contributed by atoms with E-state index in [0.717, 1.165) is 47.6 Å². The van der Waals surface area contributed by atoms with E-state index in [2.05, 4.69) is 49.4 Å². The average molecular weight is 495 g/mol. The van der Waals surface area contributed by atoms with Crippen LogP contribution in [0.5, 0.6) is 5.75 Å². The van der Waals surface area contributed by atoms with Crippen LogP contribution in [-0.4, -0.2) is 23.4 Å². The number of ether oxygens (including phenoxy) is 1. The minimum Gasteiger partial charge on any atom is -0.493 e. The molecular formula is C29H31ClO3S. The molecule has 0 saturated heterocycles. The Labute approximate surface area is 211 Å². The van der Waals surface area contributed by atoms with Gasteiger partial charge in [-0.25, -0.2) is 0 Å². The van der Waals surface area contributed by atoms with Gasteiger partial charge in [0.05, 0.1) is 18.1 Å². The summed E-state index contributed by atoms with van der Waals surface area (Å²) in [6, 6.07) is 20.8. The Kier molecular flexibility index (Phi) is 8.58. The Balaban J connectivity index is 1.35. The van der Waals surface area contributed by atoms with E-state index in [-0.39, 0.29) is 6.42 Å². The van der Waals surface area contributed by atoms with Crippen LogP contribution in [0.3, 0.4) is 0 Å². The Hall–Kier alpha value is -2.43. The van der Waals surface area contributed by atoms with Crippen molar-refractivity contribution in [3.63, 3.8) is 0 Å². The summed E-state index contributed by atoms with van der Waals surface area (Å²) >= 11 is 8.03. The number of carboxylic acid groups (broad SMARTS) is 1. The second-order valence-electron chi connectivity index (χ2n) is 8.75. The molecule has 3 aromatic carbocycles. The van der Waals surface area contributed by atoms with Crippen molar-refractivity contribution in [1.82, 2.24) is 0 Å². The summed E-state index contributed by atoms with van der Waals surface area (Å²) in [6.45, 7) is 2.90.